The van der Waals surface area contributed by atoms with Gasteiger partial charge < -0.3 is 10.4 Å². The fraction of sp³-hybridized carbons (Fsp3) is 0.600. The van der Waals surface area contributed by atoms with Crippen LogP contribution in [0, 0.1) is 16.0 Å². The molecule has 1 aromatic carbocycles. The van der Waals surface area contributed by atoms with Crippen LogP contribution in [0.25, 0.3) is 0 Å². The molecule has 0 spiro atoms. The first-order chi connectivity index (χ1) is 11.1. The predicted molar refractivity (Wildman–Crippen MR) is 90.2 cm³/mol. The molecule has 0 aromatic heterocycles. The zero-order chi connectivity index (χ0) is 18.0. The van der Waals surface area contributed by atoms with E-state index >= 15 is 0 Å². The van der Waals surface area contributed by atoms with E-state index in [0.29, 0.717) is 12.5 Å². The molecule has 1 fully saturated rings. The zero-order valence-electron chi connectivity index (χ0n) is 13.6. The minimum atomic E-state index is -3.99. The van der Waals surface area contributed by atoms with E-state index < -0.39 is 20.5 Å². The zero-order valence-corrected chi connectivity index (χ0v) is 14.4. The van der Waals surface area contributed by atoms with Crippen LogP contribution in [0.15, 0.2) is 23.1 Å². The fourth-order valence-corrected chi connectivity index (χ4v) is 3.55. The van der Waals surface area contributed by atoms with Gasteiger partial charge in [-0.1, -0.05) is 6.92 Å². The molecule has 134 valence electrons. The van der Waals surface area contributed by atoms with E-state index in [2.05, 4.69) is 5.32 Å². The number of nitrogens with one attached hydrogen (secondary N) is 1. The van der Waals surface area contributed by atoms with E-state index in [-0.39, 0.29) is 16.3 Å². The predicted octanol–water partition coefficient (Wildman–Crippen LogP) is 1.99. The Morgan fingerprint density at radius 1 is 1.42 bits per heavy atom. The highest BCUT2D eigenvalue weighted by atomic mass is 32.2. The topological polar surface area (TPSA) is 136 Å². The first kappa shape index (κ1) is 18.6. The average Bonchev–Trinajstić information content (AvgIpc) is 2.53. The number of nitro groups is 1. The largest absolute Gasteiger partial charge is 0.390 e. The lowest BCUT2D eigenvalue weighted by Gasteiger charge is -2.35. The van der Waals surface area contributed by atoms with Crippen molar-refractivity contribution in [3.05, 3.63) is 28.3 Å². The summed E-state index contributed by atoms with van der Waals surface area (Å²) in [6.45, 7) is 2.50. The molecule has 2 rings (SSSR count). The molecule has 0 unspecified atom stereocenters. The van der Waals surface area contributed by atoms with Crippen LogP contribution in [0.4, 0.5) is 11.4 Å². The highest BCUT2D eigenvalue weighted by molar-refractivity contribution is 7.89. The summed E-state index contributed by atoms with van der Waals surface area (Å²) in [6.07, 6.45) is 3.87. The molecule has 4 N–H and O–H groups in total. The van der Waals surface area contributed by atoms with Crippen molar-refractivity contribution in [2.24, 2.45) is 11.1 Å². The Labute approximate surface area is 141 Å². The van der Waals surface area contributed by atoms with Crippen molar-refractivity contribution in [3.8, 4) is 0 Å². The molecule has 1 saturated carbocycles. The summed E-state index contributed by atoms with van der Waals surface area (Å²) in [5.41, 5.74) is -0.634. The Bertz CT molecular complexity index is 712. The Balaban J connectivity index is 2.06. The van der Waals surface area contributed by atoms with E-state index in [1.54, 1.807) is 0 Å². The van der Waals surface area contributed by atoms with E-state index in [9.17, 15) is 23.6 Å². The van der Waals surface area contributed by atoms with Crippen LogP contribution in [0.3, 0.4) is 0 Å². The first-order valence-electron chi connectivity index (χ1n) is 7.92. The van der Waals surface area contributed by atoms with Crippen LogP contribution >= 0.6 is 0 Å². The number of benzene rings is 1. The second-order valence-corrected chi connectivity index (χ2v) is 7.94. The summed E-state index contributed by atoms with van der Waals surface area (Å²) in [5, 5.41) is 29.4. The monoisotopic (exact) mass is 357 g/mol. The van der Waals surface area contributed by atoms with Gasteiger partial charge in [0.2, 0.25) is 10.0 Å². The number of aliphatic hydroxyl groups is 1. The highest BCUT2D eigenvalue weighted by Gasteiger charge is 2.31. The van der Waals surface area contributed by atoms with Gasteiger partial charge in [-0.2, -0.15) is 0 Å². The quantitative estimate of drug-likeness (QED) is 0.526. The SMILES string of the molecule is CC[C@]1(O)CC[C@@H](CNc2ccc(S(N)(=O)=O)cc2[N+](=O)[O-])CC1. The first-order valence-corrected chi connectivity index (χ1v) is 9.47. The van der Waals surface area contributed by atoms with Crippen LogP contribution in [0.2, 0.25) is 0 Å². The minimum Gasteiger partial charge on any atom is -0.390 e. The Morgan fingerprint density at radius 3 is 2.54 bits per heavy atom. The molecule has 0 heterocycles. The fourth-order valence-electron chi connectivity index (χ4n) is 3.02. The molecular formula is C15H23N3O5S. The lowest BCUT2D eigenvalue weighted by Crippen LogP contribution is -2.34. The number of anilines is 1. The number of primary sulfonamides is 1. The van der Waals surface area contributed by atoms with Gasteiger partial charge in [0.25, 0.3) is 5.69 Å². The minimum absolute atomic E-state index is 0.267. The van der Waals surface area contributed by atoms with Crippen LogP contribution < -0.4 is 10.5 Å². The molecule has 1 aliphatic carbocycles. The Kier molecular flexibility index (Phi) is 5.46. The number of sulfonamides is 1. The summed E-state index contributed by atoms with van der Waals surface area (Å²) in [5.74, 6) is 0.314. The Morgan fingerprint density at radius 2 is 2.04 bits per heavy atom. The summed E-state index contributed by atoms with van der Waals surface area (Å²) in [6, 6.07) is 3.58. The number of nitro benzene ring substituents is 1. The maximum absolute atomic E-state index is 11.3. The third-order valence-electron chi connectivity index (χ3n) is 4.77. The summed E-state index contributed by atoms with van der Waals surface area (Å²) in [4.78, 5) is 10.3. The number of nitrogens with two attached hydrogens (primary N) is 1. The summed E-state index contributed by atoms with van der Waals surface area (Å²) >= 11 is 0. The van der Waals surface area contributed by atoms with Crippen LogP contribution in [0.5, 0.6) is 0 Å². The van der Waals surface area contributed by atoms with Crippen molar-refractivity contribution in [2.75, 3.05) is 11.9 Å². The maximum atomic E-state index is 11.3. The smallest absolute Gasteiger partial charge is 0.293 e. The molecule has 9 heteroatoms. The van der Waals surface area contributed by atoms with Crippen LogP contribution in [-0.2, 0) is 10.0 Å². The van der Waals surface area contributed by atoms with Gasteiger partial charge in [-0.3, -0.25) is 10.1 Å². The van der Waals surface area contributed by atoms with Crippen molar-refractivity contribution in [1.29, 1.82) is 0 Å². The molecule has 1 aliphatic rings. The highest BCUT2D eigenvalue weighted by Crippen LogP contribution is 2.35. The molecule has 0 bridgehead atoms. The molecule has 0 atom stereocenters. The van der Waals surface area contributed by atoms with Gasteiger partial charge in [0.05, 0.1) is 15.4 Å². The van der Waals surface area contributed by atoms with Crippen molar-refractivity contribution >= 4 is 21.4 Å². The van der Waals surface area contributed by atoms with Crippen molar-refractivity contribution in [3.63, 3.8) is 0 Å². The van der Waals surface area contributed by atoms with Crippen LogP contribution in [-0.4, -0.2) is 30.6 Å². The Hall–Kier alpha value is -1.71. The van der Waals surface area contributed by atoms with E-state index in [0.717, 1.165) is 38.2 Å². The molecule has 1 aromatic rings. The lowest BCUT2D eigenvalue weighted by atomic mass is 9.77. The number of hydrogen-bond acceptors (Lipinski definition) is 6. The average molecular weight is 357 g/mol. The van der Waals surface area contributed by atoms with Crippen molar-refractivity contribution < 1.29 is 18.4 Å². The molecule has 24 heavy (non-hydrogen) atoms. The summed E-state index contributed by atoms with van der Waals surface area (Å²) < 4.78 is 22.6. The molecular weight excluding hydrogens is 334 g/mol. The number of hydrogen-bond donors (Lipinski definition) is 3. The lowest BCUT2D eigenvalue weighted by molar-refractivity contribution is -0.384. The van der Waals surface area contributed by atoms with E-state index in [1.807, 2.05) is 6.92 Å². The maximum Gasteiger partial charge on any atom is 0.293 e. The standard InChI is InChI=1S/C15H23N3O5S/c1-2-15(19)7-5-11(6-8-15)10-17-13-4-3-12(24(16,22)23)9-14(13)18(20)21/h3-4,9,11,17,19H,2,5-8,10H2,1H3,(H2,16,22,23)/t11-,15+. The third-order valence-corrected chi connectivity index (χ3v) is 5.68. The van der Waals surface area contributed by atoms with Crippen molar-refractivity contribution in [1.82, 2.24) is 0 Å². The van der Waals surface area contributed by atoms with Crippen LogP contribution in [0.1, 0.15) is 39.0 Å². The van der Waals surface area contributed by atoms with Gasteiger partial charge in [-0.25, -0.2) is 13.6 Å². The normalized spacial score (nSPS) is 24.5. The molecule has 0 amide bonds. The number of nitrogens with zero attached hydrogens (tertiary/aromatic N) is 1. The second-order valence-electron chi connectivity index (χ2n) is 6.38. The van der Waals surface area contributed by atoms with Gasteiger partial charge in [0, 0.05) is 12.6 Å². The van der Waals surface area contributed by atoms with E-state index in [4.69, 9.17) is 5.14 Å². The van der Waals surface area contributed by atoms with Gasteiger partial charge in [0.15, 0.2) is 0 Å². The summed E-state index contributed by atoms with van der Waals surface area (Å²) in [7, 11) is -3.99. The molecule has 0 radical (unpaired) electrons. The van der Waals surface area contributed by atoms with E-state index in [1.165, 1.54) is 12.1 Å². The second kappa shape index (κ2) is 7.04. The molecule has 0 aliphatic heterocycles. The van der Waals surface area contributed by atoms with Gasteiger partial charge in [0.1, 0.15) is 5.69 Å². The van der Waals surface area contributed by atoms with Gasteiger partial charge >= 0.3 is 0 Å². The third kappa shape index (κ3) is 4.43. The molecule has 8 nitrogen and oxygen atoms in total. The van der Waals surface area contributed by atoms with Gasteiger partial charge in [-0.15, -0.1) is 0 Å². The molecule has 0 saturated heterocycles. The number of rotatable bonds is 6. The van der Waals surface area contributed by atoms with Gasteiger partial charge in [-0.05, 0) is 50.2 Å². The van der Waals surface area contributed by atoms with Crippen molar-refractivity contribution in [2.45, 2.75) is 49.5 Å².